The summed E-state index contributed by atoms with van der Waals surface area (Å²) in [6.07, 6.45) is 1.69. The van der Waals surface area contributed by atoms with Crippen molar-refractivity contribution in [2.45, 2.75) is 26.7 Å². The van der Waals surface area contributed by atoms with E-state index in [0.29, 0.717) is 29.2 Å². The van der Waals surface area contributed by atoms with Gasteiger partial charge in [-0.15, -0.1) is 0 Å². The predicted octanol–water partition coefficient (Wildman–Crippen LogP) is 4.80. The van der Waals surface area contributed by atoms with Gasteiger partial charge in [-0.05, 0) is 37.1 Å². The minimum atomic E-state index is 0.411. The second-order valence-electron chi connectivity index (χ2n) is 4.33. The molecule has 0 amide bonds. The topological polar surface area (TPSA) is 35.0 Å². The Labute approximate surface area is 128 Å². The van der Waals surface area contributed by atoms with Gasteiger partial charge in [0.05, 0.1) is 6.61 Å². The lowest BCUT2D eigenvalue weighted by molar-refractivity contribution is 0.317. The number of hydrogen-bond acceptors (Lipinski definition) is 3. The molecule has 5 heteroatoms. The van der Waals surface area contributed by atoms with E-state index in [1.807, 2.05) is 31.2 Å². The number of ether oxygens (including phenoxy) is 1. The van der Waals surface area contributed by atoms with Crippen molar-refractivity contribution < 1.29 is 4.74 Å². The summed E-state index contributed by atoms with van der Waals surface area (Å²) in [5, 5.41) is 0.822. The summed E-state index contributed by atoms with van der Waals surface area (Å²) in [5.74, 6) is 1.36. The molecule has 1 heterocycles. The first-order chi connectivity index (χ1) is 9.65. The Morgan fingerprint density at radius 2 is 1.60 bits per heavy atom. The number of rotatable bonds is 5. The molecule has 0 spiro atoms. The molecule has 0 aliphatic rings. The average Bonchev–Trinajstić information content (AvgIpc) is 2.45. The van der Waals surface area contributed by atoms with Crippen molar-refractivity contribution in [2.75, 3.05) is 6.61 Å². The van der Waals surface area contributed by atoms with Gasteiger partial charge in [-0.1, -0.05) is 37.0 Å². The van der Waals surface area contributed by atoms with Gasteiger partial charge in [-0.25, -0.2) is 9.97 Å². The molecule has 1 aromatic heterocycles. The van der Waals surface area contributed by atoms with Crippen molar-refractivity contribution in [3.8, 4) is 17.1 Å². The van der Waals surface area contributed by atoms with Crippen LogP contribution in [0.4, 0.5) is 0 Å². The zero-order valence-corrected chi connectivity index (χ0v) is 13.0. The molecule has 20 heavy (non-hydrogen) atoms. The molecule has 0 aliphatic carbocycles. The third-order valence-electron chi connectivity index (χ3n) is 2.85. The van der Waals surface area contributed by atoms with Crippen molar-refractivity contribution in [3.63, 3.8) is 0 Å². The zero-order valence-electron chi connectivity index (χ0n) is 11.5. The van der Waals surface area contributed by atoms with Crippen LogP contribution in [0.3, 0.4) is 0 Å². The normalized spacial score (nSPS) is 10.6. The highest BCUT2D eigenvalue weighted by Gasteiger charge is 2.11. The van der Waals surface area contributed by atoms with Crippen LogP contribution >= 0.6 is 23.2 Å². The molecule has 0 saturated carbocycles. The maximum atomic E-state index is 6.12. The van der Waals surface area contributed by atoms with Gasteiger partial charge >= 0.3 is 0 Å². The van der Waals surface area contributed by atoms with Crippen molar-refractivity contribution in [1.29, 1.82) is 0 Å². The summed E-state index contributed by atoms with van der Waals surface area (Å²) in [7, 11) is 0. The Kier molecular flexibility index (Phi) is 5.21. The van der Waals surface area contributed by atoms with Crippen molar-refractivity contribution in [2.24, 2.45) is 0 Å². The summed E-state index contributed by atoms with van der Waals surface area (Å²) in [5.41, 5.74) is 1.64. The molecule has 0 saturated heterocycles. The van der Waals surface area contributed by atoms with E-state index in [4.69, 9.17) is 27.9 Å². The quantitative estimate of drug-likeness (QED) is 0.744. The molecule has 0 atom stereocenters. The van der Waals surface area contributed by atoms with Gasteiger partial charge in [-0.2, -0.15) is 0 Å². The van der Waals surface area contributed by atoms with Crippen LogP contribution in [0, 0.1) is 0 Å². The molecule has 0 aliphatic heterocycles. The number of benzene rings is 1. The van der Waals surface area contributed by atoms with Gasteiger partial charge < -0.3 is 4.74 Å². The highest BCUT2D eigenvalue weighted by Crippen LogP contribution is 2.26. The van der Waals surface area contributed by atoms with Gasteiger partial charge in [0.2, 0.25) is 0 Å². The van der Waals surface area contributed by atoms with Crippen LogP contribution in [0.15, 0.2) is 24.3 Å². The summed E-state index contributed by atoms with van der Waals surface area (Å²) in [6, 6.07) is 7.59. The first-order valence-corrected chi connectivity index (χ1v) is 7.36. The molecule has 0 unspecified atom stereocenters. The van der Waals surface area contributed by atoms with Gasteiger partial charge in [0.15, 0.2) is 5.82 Å². The molecular formula is C15H16Cl2N2O. The van der Waals surface area contributed by atoms with Crippen LogP contribution in [0.2, 0.25) is 10.3 Å². The largest absolute Gasteiger partial charge is 0.494 e. The molecule has 106 valence electrons. The molecule has 2 aromatic rings. The SMILES string of the molecule is CCCOc1ccc(-c2nc(Cl)c(CC)c(Cl)n2)cc1. The van der Waals surface area contributed by atoms with Gasteiger partial charge in [0.1, 0.15) is 16.1 Å². The highest BCUT2D eigenvalue weighted by molar-refractivity contribution is 6.34. The van der Waals surface area contributed by atoms with Crippen molar-refractivity contribution in [3.05, 3.63) is 40.1 Å². The fourth-order valence-electron chi connectivity index (χ4n) is 1.77. The summed E-state index contributed by atoms with van der Waals surface area (Å²) in [6.45, 7) is 4.75. The van der Waals surface area contributed by atoms with E-state index in [1.54, 1.807) is 0 Å². The fraction of sp³-hybridized carbons (Fsp3) is 0.333. The zero-order chi connectivity index (χ0) is 14.5. The lowest BCUT2D eigenvalue weighted by Crippen LogP contribution is -1.97. The van der Waals surface area contributed by atoms with Crippen LogP contribution in [0.5, 0.6) is 5.75 Å². The minimum Gasteiger partial charge on any atom is -0.494 e. The molecule has 0 bridgehead atoms. The monoisotopic (exact) mass is 310 g/mol. The number of aromatic nitrogens is 2. The summed E-state index contributed by atoms with van der Waals surface area (Å²) >= 11 is 12.2. The molecule has 2 rings (SSSR count). The Morgan fingerprint density at radius 1 is 1.00 bits per heavy atom. The van der Waals surface area contributed by atoms with E-state index < -0.39 is 0 Å². The van der Waals surface area contributed by atoms with E-state index in [2.05, 4.69) is 16.9 Å². The predicted molar refractivity (Wildman–Crippen MR) is 82.7 cm³/mol. The Hall–Kier alpha value is -1.32. The fourth-order valence-corrected chi connectivity index (χ4v) is 2.43. The van der Waals surface area contributed by atoms with Crippen molar-refractivity contribution >= 4 is 23.2 Å². The molecule has 0 fully saturated rings. The summed E-state index contributed by atoms with van der Waals surface area (Å²) < 4.78 is 5.54. The van der Waals surface area contributed by atoms with E-state index in [-0.39, 0.29) is 0 Å². The van der Waals surface area contributed by atoms with Gasteiger partial charge in [-0.3, -0.25) is 0 Å². The third-order valence-corrected chi connectivity index (χ3v) is 3.47. The van der Waals surface area contributed by atoms with Gasteiger partial charge in [0, 0.05) is 11.1 Å². The standard InChI is InChI=1S/C15H16Cl2N2O/c1-3-9-20-11-7-5-10(6-8-11)15-18-13(16)12(4-2)14(17)19-15/h5-8H,3-4,9H2,1-2H3. The number of halogens is 2. The second-order valence-corrected chi connectivity index (χ2v) is 5.05. The smallest absolute Gasteiger partial charge is 0.162 e. The Bertz CT molecular complexity index is 562. The van der Waals surface area contributed by atoms with Gasteiger partial charge in [0.25, 0.3) is 0 Å². The minimum absolute atomic E-state index is 0.411. The van der Waals surface area contributed by atoms with E-state index >= 15 is 0 Å². The van der Waals surface area contributed by atoms with Crippen LogP contribution in [-0.4, -0.2) is 16.6 Å². The van der Waals surface area contributed by atoms with Crippen LogP contribution in [0.1, 0.15) is 25.8 Å². The molecule has 1 aromatic carbocycles. The number of nitrogens with zero attached hydrogens (tertiary/aromatic N) is 2. The van der Waals surface area contributed by atoms with Crippen LogP contribution < -0.4 is 4.74 Å². The maximum Gasteiger partial charge on any atom is 0.162 e. The summed E-state index contributed by atoms with van der Waals surface area (Å²) in [4.78, 5) is 8.59. The average molecular weight is 311 g/mol. The molecule has 0 N–H and O–H groups in total. The highest BCUT2D eigenvalue weighted by atomic mass is 35.5. The lowest BCUT2D eigenvalue weighted by Gasteiger charge is -2.08. The maximum absolute atomic E-state index is 6.12. The first kappa shape index (κ1) is 15.1. The van der Waals surface area contributed by atoms with Crippen LogP contribution in [-0.2, 0) is 6.42 Å². The Balaban J connectivity index is 2.27. The number of hydrogen-bond donors (Lipinski definition) is 0. The van der Waals surface area contributed by atoms with E-state index in [1.165, 1.54) is 0 Å². The lowest BCUT2D eigenvalue weighted by atomic mass is 10.2. The second kappa shape index (κ2) is 6.91. The first-order valence-electron chi connectivity index (χ1n) is 6.60. The van der Waals surface area contributed by atoms with E-state index in [9.17, 15) is 0 Å². The van der Waals surface area contributed by atoms with Crippen LogP contribution in [0.25, 0.3) is 11.4 Å². The molecular weight excluding hydrogens is 295 g/mol. The van der Waals surface area contributed by atoms with E-state index in [0.717, 1.165) is 23.3 Å². The molecule has 0 radical (unpaired) electrons. The molecule has 3 nitrogen and oxygen atoms in total. The van der Waals surface area contributed by atoms with Crippen molar-refractivity contribution in [1.82, 2.24) is 9.97 Å². The Morgan fingerprint density at radius 3 is 2.10 bits per heavy atom. The third kappa shape index (κ3) is 3.41.